The zero-order chi connectivity index (χ0) is 23.2. The summed E-state index contributed by atoms with van der Waals surface area (Å²) in [7, 11) is 1.76. The van der Waals surface area contributed by atoms with Crippen LogP contribution in [0.25, 0.3) is 27.6 Å². The van der Waals surface area contributed by atoms with Gasteiger partial charge in [0.2, 0.25) is 5.95 Å². The van der Waals surface area contributed by atoms with Crippen molar-refractivity contribution in [2.75, 3.05) is 42.9 Å². The van der Waals surface area contributed by atoms with E-state index in [-0.39, 0.29) is 5.56 Å². The molecule has 4 heterocycles. The van der Waals surface area contributed by atoms with Gasteiger partial charge in [-0.25, -0.2) is 4.98 Å². The highest BCUT2D eigenvalue weighted by atomic mass is 16.1. The van der Waals surface area contributed by atoms with Crippen molar-refractivity contribution in [2.45, 2.75) is 6.92 Å². The van der Waals surface area contributed by atoms with E-state index in [0.717, 1.165) is 49.3 Å². The number of para-hydroxylation sites is 1. The van der Waals surface area contributed by atoms with Crippen LogP contribution in [0.4, 0.5) is 17.3 Å². The van der Waals surface area contributed by atoms with Crippen LogP contribution in [0.5, 0.6) is 0 Å². The SMILES string of the molecule is CCN1CCN(c2ccc(Nc3ncc4c(n3)n3c(cc5ccccc53)c(=O)n4C)cc2)CC1. The predicted molar refractivity (Wildman–Crippen MR) is 137 cm³/mol. The smallest absolute Gasteiger partial charge is 0.275 e. The standard InChI is InChI=1S/C26H27N7O/c1-3-31-12-14-32(15-13-31)20-10-8-19(9-11-20)28-26-27-17-23-24(29-26)33-21-7-5-4-6-18(21)16-22(33)25(34)30(23)2/h4-11,16-17H,3,12-15H2,1-2H3,(H,27,28,29). The Labute approximate surface area is 197 Å². The summed E-state index contributed by atoms with van der Waals surface area (Å²) < 4.78 is 3.54. The van der Waals surface area contributed by atoms with Crippen LogP contribution in [-0.2, 0) is 7.05 Å². The first-order valence-electron chi connectivity index (χ1n) is 11.7. The minimum atomic E-state index is -0.0663. The van der Waals surface area contributed by atoms with Crippen LogP contribution in [0.15, 0.2) is 65.6 Å². The summed E-state index contributed by atoms with van der Waals surface area (Å²) in [6.45, 7) is 7.64. The lowest BCUT2D eigenvalue weighted by Gasteiger charge is -2.35. The minimum Gasteiger partial charge on any atom is -0.369 e. The fraction of sp³-hybridized carbons (Fsp3) is 0.269. The Hall–Kier alpha value is -3.91. The van der Waals surface area contributed by atoms with Crippen molar-refractivity contribution in [2.24, 2.45) is 7.05 Å². The molecule has 1 saturated heterocycles. The van der Waals surface area contributed by atoms with Gasteiger partial charge in [0.1, 0.15) is 11.0 Å². The average molecular weight is 454 g/mol. The van der Waals surface area contributed by atoms with E-state index in [2.05, 4.69) is 51.3 Å². The van der Waals surface area contributed by atoms with Gasteiger partial charge in [-0.2, -0.15) is 4.98 Å². The van der Waals surface area contributed by atoms with E-state index in [1.54, 1.807) is 17.8 Å². The number of fused-ring (bicyclic) bond motifs is 5. The second-order valence-corrected chi connectivity index (χ2v) is 8.78. The summed E-state index contributed by atoms with van der Waals surface area (Å²) >= 11 is 0. The Kier molecular flexibility index (Phi) is 4.95. The number of aryl methyl sites for hydroxylation is 1. The molecule has 8 heteroatoms. The highest BCUT2D eigenvalue weighted by molar-refractivity contribution is 5.92. The first kappa shape index (κ1) is 20.7. The molecule has 0 unspecified atom stereocenters. The maximum Gasteiger partial charge on any atom is 0.275 e. The molecule has 1 N–H and O–H groups in total. The normalized spacial score (nSPS) is 14.9. The monoisotopic (exact) mass is 453 g/mol. The van der Waals surface area contributed by atoms with E-state index in [0.29, 0.717) is 22.6 Å². The molecule has 34 heavy (non-hydrogen) atoms. The summed E-state index contributed by atoms with van der Waals surface area (Å²) in [6.07, 6.45) is 1.71. The molecule has 172 valence electrons. The van der Waals surface area contributed by atoms with Crippen molar-refractivity contribution in [3.05, 3.63) is 71.1 Å². The van der Waals surface area contributed by atoms with Crippen molar-refractivity contribution in [1.82, 2.24) is 23.8 Å². The van der Waals surface area contributed by atoms with E-state index in [1.807, 2.05) is 34.7 Å². The molecule has 0 atom stereocenters. The lowest BCUT2D eigenvalue weighted by molar-refractivity contribution is 0.271. The molecule has 1 fully saturated rings. The minimum absolute atomic E-state index is 0.0663. The Bertz CT molecular complexity index is 1560. The fourth-order valence-electron chi connectivity index (χ4n) is 4.86. The van der Waals surface area contributed by atoms with Crippen molar-refractivity contribution in [3.63, 3.8) is 0 Å². The molecule has 0 saturated carbocycles. The maximum atomic E-state index is 12.9. The number of benzene rings is 2. The number of anilines is 3. The summed E-state index contributed by atoms with van der Waals surface area (Å²) in [6, 6.07) is 18.3. The topological polar surface area (TPSA) is 70.7 Å². The Morgan fingerprint density at radius 1 is 0.941 bits per heavy atom. The largest absolute Gasteiger partial charge is 0.369 e. The van der Waals surface area contributed by atoms with Gasteiger partial charge >= 0.3 is 0 Å². The first-order valence-corrected chi connectivity index (χ1v) is 11.7. The Morgan fingerprint density at radius 3 is 2.47 bits per heavy atom. The number of rotatable bonds is 4. The number of nitrogens with one attached hydrogen (secondary N) is 1. The van der Waals surface area contributed by atoms with Crippen molar-refractivity contribution in [3.8, 4) is 0 Å². The fourth-order valence-corrected chi connectivity index (χ4v) is 4.86. The quantitative estimate of drug-likeness (QED) is 0.448. The van der Waals surface area contributed by atoms with Crippen LogP contribution in [0.3, 0.4) is 0 Å². The molecule has 0 amide bonds. The number of hydrogen-bond donors (Lipinski definition) is 1. The van der Waals surface area contributed by atoms with Crippen molar-refractivity contribution >= 4 is 44.9 Å². The highest BCUT2D eigenvalue weighted by Crippen LogP contribution is 2.24. The number of aromatic nitrogens is 4. The molecular formula is C26H27N7O. The number of nitrogens with zero attached hydrogens (tertiary/aromatic N) is 6. The Balaban J connectivity index is 1.34. The molecule has 0 bridgehead atoms. The van der Waals surface area contributed by atoms with Gasteiger partial charge < -0.3 is 19.7 Å². The van der Waals surface area contributed by atoms with Gasteiger partial charge in [-0.1, -0.05) is 25.1 Å². The van der Waals surface area contributed by atoms with E-state index in [1.165, 1.54) is 5.69 Å². The van der Waals surface area contributed by atoms with Crippen LogP contribution in [0.1, 0.15) is 6.92 Å². The maximum absolute atomic E-state index is 12.9. The van der Waals surface area contributed by atoms with Gasteiger partial charge in [-0.15, -0.1) is 0 Å². The van der Waals surface area contributed by atoms with Gasteiger partial charge in [-0.3, -0.25) is 9.20 Å². The van der Waals surface area contributed by atoms with Crippen LogP contribution >= 0.6 is 0 Å². The number of likely N-dealkylation sites (N-methyl/N-ethyl adjacent to an activating group) is 1. The second kappa shape index (κ2) is 8.14. The Morgan fingerprint density at radius 2 is 1.71 bits per heavy atom. The number of hydrogen-bond acceptors (Lipinski definition) is 6. The van der Waals surface area contributed by atoms with Gasteiger partial charge in [-0.05, 0) is 42.9 Å². The van der Waals surface area contributed by atoms with Crippen molar-refractivity contribution < 1.29 is 0 Å². The van der Waals surface area contributed by atoms with Gasteiger partial charge in [0, 0.05) is 50.0 Å². The summed E-state index contributed by atoms with van der Waals surface area (Å²) in [4.78, 5) is 27.2. The molecule has 1 aliphatic rings. The molecule has 0 spiro atoms. The van der Waals surface area contributed by atoms with Crippen LogP contribution in [0.2, 0.25) is 0 Å². The molecule has 6 rings (SSSR count). The average Bonchev–Trinajstić information content (AvgIpc) is 3.28. The van der Waals surface area contributed by atoms with Gasteiger partial charge in [0.05, 0.1) is 11.7 Å². The highest BCUT2D eigenvalue weighted by Gasteiger charge is 2.17. The molecular weight excluding hydrogens is 426 g/mol. The third-order valence-electron chi connectivity index (χ3n) is 6.87. The zero-order valence-electron chi connectivity index (χ0n) is 19.4. The van der Waals surface area contributed by atoms with E-state index in [9.17, 15) is 4.79 Å². The molecule has 5 aromatic rings. The van der Waals surface area contributed by atoms with Gasteiger partial charge in [0.15, 0.2) is 5.65 Å². The zero-order valence-corrected chi connectivity index (χ0v) is 19.4. The molecule has 1 aliphatic heterocycles. The van der Waals surface area contributed by atoms with Crippen molar-refractivity contribution in [1.29, 1.82) is 0 Å². The lowest BCUT2D eigenvalue weighted by atomic mass is 10.2. The first-order chi connectivity index (χ1) is 16.6. The predicted octanol–water partition coefficient (Wildman–Crippen LogP) is 3.62. The summed E-state index contributed by atoms with van der Waals surface area (Å²) in [5.41, 5.74) is 5.03. The molecule has 3 aromatic heterocycles. The molecule has 0 aliphatic carbocycles. The molecule has 8 nitrogen and oxygen atoms in total. The van der Waals surface area contributed by atoms with Gasteiger partial charge in [0.25, 0.3) is 5.56 Å². The van der Waals surface area contributed by atoms with Crippen LogP contribution in [0, 0.1) is 0 Å². The van der Waals surface area contributed by atoms with E-state index >= 15 is 0 Å². The summed E-state index contributed by atoms with van der Waals surface area (Å²) in [5.74, 6) is 0.495. The molecule has 2 aromatic carbocycles. The second-order valence-electron chi connectivity index (χ2n) is 8.78. The molecule has 0 radical (unpaired) electrons. The third kappa shape index (κ3) is 3.38. The van der Waals surface area contributed by atoms with E-state index in [4.69, 9.17) is 4.98 Å². The lowest BCUT2D eigenvalue weighted by Crippen LogP contribution is -2.46. The third-order valence-corrected chi connectivity index (χ3v) is 6.87. The van der Waals surface area contributed by atoms with E-state index < -0.39 is 0 Å². The summed E-state index contributed by atoms with van der Waals surface area (Å²) in [5, 5.41) is 4.34. The van der Waals surface area contributed by atoms with Crippen LogP contribution in [-0.4, -0.2) is 56.6 Å². The van der Waals surface area contributed by atoms with Crippen LogP contribution < -0.4 is 15.8 Å². The number of piperazine rings is 1.